The summed E-state index contributed by atoms with van der Waals surface area (Å²) < 4.78 is 12.8. The zero-order valence-corrected chi connectivity index (χ0v) is 27.9. The summed E-state index contributed by atoms with van der Waals surface area (Å²) in [5.41, 5.74) is 14.3. The minimum Gasteiger partial charge on any atom is -0.455 e. The highest BCUT2D eigenvalue weighted by Gasteiger charge is 2.20. The lowest BCUT2D eigenvalue weighted by Gasteiger charge is -2.30. The maximum Gasteiger partial charge on any atom is 0.143 e. The SMILES string of the molecule is C1=C(c2ccccc2)CCC(N(c2ccc(-c3cccc4c3oc3ccccc34)cc2)c2ccc(-c3cccc4c3oc3ccccc34)cc2)=C1. The van der Waals surface area contributed by atoms with Gasteiger partial charge in [-0.25, -0.2) is 0 Å². The molecule has 0 fully saturated rings. The van der Waals surface area contributed by atoms with E-state index in [0.29, 0.717) is 0 Å². The molecule has 2 heterocycles. The Balaban J connectivity index is 1.05. The van der Waals surface area contributed by atoms with E-state index < -0.39 is 0 Å². The van der Waals surface area contributed by atoms with Crippen molar-refractivity contribution in [1.82, 2.24) is 0 Å². The maximum absolute atomic E-state index is 6.39. The maximum atomic E-state index is 6.39. The molecule has 1 aliphatic carbocycles. The van der Waals surface area contributed by atoms with Gasteiger partial charge in [0, 0.05) is 49.7 Å². The first-order valence-electron chi connectivity index (χ1n) is 17.6. The van der Waals surface area contributed by atoms with Crippen molar-refractivity contribution < 1.29 is 8.83 Å². The molecule has 2 aromatic heterocycles. The second-order valence-electron chi connectivity index (χ2n) is 13.2. The number of benzene rings is 7. The standard InChI is InChI=1S/C48H33NO2/c1-2-10-32(11-3-1)33-20-26-36(27-21-33)49(37-28-22-34(23-29-37)39-14-8-16-43-41-12-4-6-18-45(41)50-47(39)43)38-30-24-35(25-31-38)40-15-9-17-44-42-13-5-7-19-46(42)51-48(40)44/h1-20,22-26,28-31H,21,27H2. The average molecular weight is 656 g/mol. The Hall–Kier alpha value is -6.58. The van der Waals surface area contributed by atoms with Crippen LogP contribution in [0.15, 0.2) is 190 Å². The molecular formula is C48H33NO2. The van der Waals surface area contributed by atoms with Crippen molar-refractivity contribution in [3.63, 3.8) is 0 Å². The van der Waals surface area contributed by atoms with Crippen molar-refractivity contribution in [3.05, 3.63) is 187 Å². The van der Waals surface area contributed by atoms with E-state index in [2.05, 4.69) is 157 Å². The molecule has 0 radical (unpaired) electrons. The Morgan fingerprint density at radius 2 is 0.863 bits per heavy atom. The quantitative estimate of drug-likeness (QED) is 0.179. The number of hydrogen-bond donors (Lipinski definition) is 0. The Kier molecular flexibility index (Phi) is 6.95. The largest absolute Gasteiger partial charge is 0.455 e. The van der Waals surface area contributed by atoms with E-state index in [4.69, 9.17) is 8.83 Å². The van der Waals surface area contributed by atoms with Crippen LogP contribution in [0.4, 0.5) is 11.4 Å². The third kappa shape index (κ3) is 5.05. The molecule has 9 aromatic rings. The van der Waals surface area contributed by atoms with Crippen LogP contribution in [0.25, 0.3) is 71.7 Å². The van der Waals surface area contributed by atoms with Gasteiger partial charge in [-0.05, 0) is 77.6 Å². The molecule has 10 rings (SSSR count). The van der Waals surface area contributed by atoms with E-state index in [-0.39, 0.29) is 0 Å². The molecule has 0 amide bonds. The summed E-state index contributed by atoms with van der Waals surface area (Å²) in [6.07, 6.45) is 6.48. The highest BCUT2D eigenvalue weighted by Crippen LogP contribution is 2.41. The fraction of sp³-hybridized carbons (Fsp3) is 0.0417. The third-order valence-electron chi connectivity index (χ3n) is 10.2. The highest BCUT2D eigenvalue weighted by atomic mass is 16.3. The van der Waals surface area contributed by atoms with Crippen LogP contribution in [-0.2, 0) is 0 Å². The average Bonchev–Trinajstić information content (AvgIpc) is 3.78. The number of fused-ring (bicyclic) bond motifs is 6. The van der Waals surface area contributed by atoms with E-state index in [1.54, 1.807) is 0 Å². The third-order valence-corrected chi connectivity index (χ3v) is 10.2. The summed E-state index contributed by atoms with van der Waals surface area (Å²) in [4.78, 5) is 2.40. The summed E-state index contributed by atoms with van der Waals surface area (Å²) in [5, 5.41) is 4.56. The van der Waals surface area contributed by atoms with E-state index >= 15 is 0 Å². The number of hydrogen-bond acceptors (Lipinski definition) is 3. The van der Waals surface area contributed by atoms with Gasteiger partial charge >= 0.3 is 0 Å². The highest BCUT2D eigenvalue weighted by molar-refractivity contribution is 6.10. The summed E-state index contributed by atoms with van der Waals surface area (Å²) in [6, 6.07) is 57.9. The second kappa shape index (κ2) is 12.1. The van der Waals surface area contributed by atoms with E-state index in [0.717, 1.165) is 90.3 Å². The predicted molar refractivity (Wildman–Crippen MR) is 212 cm³/mol. The van der Waals surface area contributed by atoms with E-state index in [1.165, 1.54) is 16.8 Å². The van der Waals surface area contributed by atoms with Gasteiger partial charge in [0.15, 0.2) is 0 Å². The van der Waals surface area contributed by atoms with Crippen molar-refractivity contribution in [2.75, 3.05) is 4.90 Å². The Morgan fingerprint density at radius 3 is 1.37 bits per heavy atom. The number of anilines is 2. The summed E-state index contributed by atoms with van der Waals surface area (Å²) >= 11 is 0. The van der Waals surface area contributed by atoms with Gasteiger partial charge in [-0.15, -0.1) is 0 Å². The minimum absolute atomic E-state index is 0.912. The fourth-order valence-corrected chi connectivity index (χ4v) is 7.72. The molecule has 3 heteroatoms. The first-order chi connectivity index (χ1) is 25.3. The molecule has 3 nitrogen and oxygen atoms in total. The van der Waals surface area contributed by atoms with Crippen molar-refractivity contribution >= 4 is 60.8 Å². The molecule has 51 heavy (non-hydrogen) atoms. The first kappa shape index (κ1) is 29.3. The molecule has 0 atom stereocenters. The van der Waals surface area contributed by atoms with E-state index in [9.17, 15) is 0 Å². The number of allylic oxidation sites excluding steroid dienone is 4. The molecule has 0 saturated carbocycles. The molecule has 242 valence electrons. The van der Waals surface area contributed by atoms with Crippen LogP contribution in [0.5, 0.6) is 0 Å². The van der Waals surface area contributed by atoms with Gasteiger partial charge in [0.1, 0.15) is 22.3 Å². The lowest BCUT2D eigenvalue weighted by molar-refractivity contribution is 0.669. The summed E-state index contributed by atoms with van der Waals surface area (Å²) in [6.45, 7) is 0. The molecular weight excluding hydrogens is 623 g/mol. The molecule has 0 saturated heterocycles. The van der Waals surface area contributed by atoms with Crippen molar-refractivity contribution in [1.29, 1.82) is 0 Å². The van der Waals surface area contributed by atoms with Gasteiger partial charge in [0.25, 0.3) is 0 Å². The van der Waals surface area contributed by atoms with Crippen LogP contribution < -0.4 is 4.90 Å². The number of rotatable bonds is 6. The van der Waals surface area contributed by atoms with Gasteiger partial charge < -0.3 is 13.7 Å². The summed E-state index contributed by atoms with van der Waals surface area (Å²) in [7, 11) is 0. The number of nitrogens with zero attached hydrogens (tertiary/aromatic N) is 1. The van der Waals surface area contributed by atoms with Crippen LogP contribution in [0.3, 0.4) is 0 Å². The second-order valence-corrected chi connectivity index (χ2v) is 13.2. The van der Waals surface area contributed by atoms with Crippen molar-refractivity contribution in [3.8, 4) is 22.3 Å². The molecule has 0 unspecified atom stereocenters. The zero-order chi connectivity index (χ0) is 33.7. The lowest BCUT2D eigenvalue weighted by atomic mass is 9.94. The van der Waals surface area contributed by atoms with E-state index in [1.807, 2.05) is 24.3 Å². The van der Waals surface area contributed by atoms with Crippen LogP contribution in [0, 0.1) is 0 Å². The van der Waals surface area contributed by atoms with Crippen LogP contribution in [0.2, 0.25) is 0 Å². The van der Waals surface area contributed by atoms with Crippen LogP contribution in [-0.4, -0.2) is 0 Å². The van der Waals surface area contributed by atoms with Gasteiger partial charge in [0.2, 0.25) is 0 Å². The Bertz CT molecular complexity index is 2620. The lowest BCUT2D eigenvalue weighted by Crippen LogP contribution is -2.17. The van der Waals surface area contributed by atoms with Crippen molar-refractivity contribution in [2.45, 2.75) is 12.8 Å². The van der Waals surface area contributed by atoms with Crippen molar-refractivity contribution in [2.24, 2.45) is 0 Å². The zero-order valence-electron chi connectivity index (χ0n) is 27.9. The molecule has 7 aromatic carbocycles. The van der Waals surface area contributed by atoms with Gasteiger partial charge in [-0.1, -0.05) is 133 Å². The molecule has 1 aliphatic rings. The monoisotopic (exact) mass is 655 g/mol. The number of para-hydroxylation sites is 4. The van der Waals surface area contributed by atoms with Gasteiger partial charge in [0.05, 0.1) is 0 Å². The number of furan rings is 2. The molecule has 0 bridgehead atoms. The molecule has 0 N–H and O–H groups in total. The van der Waals surface area contributed by atoms with Gasteiger partial charge in [-0.3, -0.25) is 0 Å². The minimum atomic E-state index is 0.912. The summed E-state index contributed by atoms with van der Waals surface area (Å²) in [5.74, 6) is 0. The topological polar surface area (TPSA) is 29.5 Å². The predicted octanol–water partition coefficient (Wildman–Crippen LogP) is 13.7. The fourth-order valence-electron chi connectivity index (χ4n) is 7.72. The van der Waals surface area contributed by atoms with Crippen LogP contribution >= 0.6 is 0 Å². The van der Waals surface area contributed by atoms with Gasteiger partial charge in [-0.2, -0.15) is 0 Å². The smallest absolute Gasteiger partial charge is 0.143 e. The Morgan fingerprint density at radius 1 is 0.373 bits per heavy atom. The first-order valence-corrected chi connectivity index (χ1v) is 17.6. The molecule has 0 aliphatic heterocycles. The normalized spacial score (nSPS) is 13.2. The molecule has 0 spiro atoms. The Labute approximate surface area is 296 Å². The van der Waals surface area contributed by atoms with Crippen LogP contribution in [0.1, 0.15) is 18.4 Å².